The highest BCUT2D eigenvalue weighted by molar-refractivity contribution is 7.91. The number of halogens is 1. The van der Waals surface area contributed by atoms with Gasteiger partial charge in [0.15, 0.2) is 9.84 Å². The molecule has 0 radical (unpaired) electrons. The lowest BCUT2D eigenvalue weighted by molar-refractivity contribution is 0.543. The third kappa shape index (κ3) is 3.63. The zero-order valence-electron chi connectivity index (χ0n) is 10.5. The van der Waals surface area contributed by atoms with Gasteiger partial charge in [-0.2, -0.15) is 0 Å². The fraction of sp³-hybridized carbons (Fsp3) is 0.455. The zero-order valence-corrected chi connectivity index (χ0v) is 12.9. The van der Waals surface area contributed by atoms with E-state index in [1.165, 1.54) is 18.2 Å². The molecule has 1 aliphatic heterocycles. The summed E-state index contributed by atoms with van der Waals surface area (Å²) in [6.07, 6.45) is 0.473. The Balaban J connectivity index is 2.08. The van der Waals surface area contributed by atoms with Crippen LogP contribution in [0.2, 0.25) is 5.02 Å². The molecule has 112 valence electrons. The molecule has 1 heterocycles. The predicted molar refractivity (Wildman–Crippen MR) is 77.8 cm³/mol. The van der Waals surface area contributed by atoms with Gasteiger partial charge >= 0.3 is 0 Å². The van der Waals surface area contributed by atoms with Crippen LogP contribution in [0.4, 0.5) is 5.69 Å². The van der Waals surface area contributed by atoms with Gasteiger partial charge in [0, 0.05) is 11.6 Å². The lowest BCUT2D eigenvalue weighted by atomic mass is 10.1. The fourth-order valence-corrected chi connectivity index (χ4v) is 5.37. The van der Waals surface area contributed by atoms with Gasteiger partial charge in [0.2, 0.25) is 10.0 Å². The van der Waals surface area contributed by atoms with Crippen molar-refractivity contribution in [2.45, 2.75) is 11.3 Å². The van der Waals surface area contributed by atoms with Crippen LogP contribution in [0.15, 0.2) is 23.1 Å². The number of nitrogen functional groups attached to an aromatic ring is 1. The first-order valence-corrected chi connectivity index (χ1v) is 9.63. The number of rotatable bonds is 4. The molecule has 3 N–H and O–H groups in total. The molecule has 1 aromatic rings. The summed E-state index contributed by atoms with van der Waals surface area (Å²) in [5.41, 5.74) is 5.69. The molecule has 2 rings (SSSR count). The summed E-state index contributed by atoms with van der Waals surface area (Å²) in [4.78, 5) is -0.0530. The normalized spacial score (nSPS) is 21.9. The van der Waals surface area contributed by atoms with E-state index in [0.29, 0.717) is 11.4 Å². The minimum atomic E-state index is -3.76. The number of benzene rings is 1. The maximum absolute atomic E-state index is 12.1. The van der Waals surface area contributed by atoms with E-state index in [0.717, 1.165) is 0 Å². The molecule has 0 bridgehead atoms. The third-order valence-corrected chi connectivity index (χ3v) is 6.72. The maximum atomic E-state index is 12.1. The molecule has 1 aromatic carbocycles. The minimum absolute atomic E-state index is 0.0195. The van der Waals surface area contributed by atoms with Crippen molar-refractivity contribution in [3.8, 4) is 0 Å². The number of anilines is 1. The first-order chi connectivity index (χ1) is 9.20. The van der Waals surface area contributed by atoms with Gasteiger partial charge in [-0.25, -0.2) is 21.6 Å². The second-order valence-electron chi connectivity index (χ2n) is 4.80. The second-order valence-corrected chi connectivity index (χ2v) is 9.20. The quantitative estimate of drug-likeness (QED) is 0.783. The van der Waals surface area contributed by atoms with Gasteiger partial charge < -0.3 is 5.73 Å². The van der Waals surface area contributed by atoms with Crippen molar-refractivity contribution in [2.24, 2.45) is 5.92 Å². The Morgan fingerprint density at radius 2 is 2.10 bits per heavy atom. The number of sulfone groups is 1. The molecule has 1 aliphatic rings. The van der Waals surface area contributed by atoms with Crippen molar-refractivity contribution in [3.63, 3.8) is 0 Å². The molecule has 0 aliphatic carbocycles. The lowest BCUT2D eigenvalue weighted by Gasteiger charge is -2.12. The molecule has 9 heteroatoms. The molecular weight excluding hydrogens is 324 g/mol. The third-order valence-electron chi connectivity index (χ3n) is 3.15. The topological polar surface area (TPSA) is 106 Å². The molecule has 1 saturated heterocycles. The molecular formula is C11H15ClN2O4S2. The molecule has 0 aromatic heterocycles. The standard InChI is InChI=1S/C11H15ClN2O4S2/c12-9-1-2-11(10(13)5-9)20(17,18)14-6-8-3-4-19(15,16)7-8/h1-2,5,8,14H,3-4,6-7,13H2. The summed E-state index contributed by atoms with van der Waals surface area (Å²) < 4.78 is 49.2. The van der Waals surface area contributed by atoms with E-state index in [1.807, 2.05) is 0 Å². The van der Waals surface area contributed by atoms with Gasteiger partial charge in [-0.05, 0) is 30.5 Å². The van der Waals surface area contributed by atoms with Gasteiger partial charge in [-0.15, -0.1) is 0 Å². The van der Waals surface area contributed by atoms with Crippen LogP contribution in [0.25, 0.3) is 0 Å². The zero-order chi connectivity index (χ0) is 15.0. The summed E-state index contributed by atoms with van der Waals surface area (Å²) >= 11 is 5.72. The fourth-order valence-electron chi connectivity index (χ4n) is 2.10. The Labute approximate surface area is 123 Å². The van der Waals surface area contributed by atoms with Crippen LogP contribution in [0.3, 0.4) is 0 Å². The molecule has 0 spiro atoms. The molecule has 20 heavy (non-hydrogen) atoms. The van der Waals surface area contributed by atoms with E-state index >= 15 is 0 Å². The molecule has 6 nitrogen and oxygen atoms in total. The Bertz CT molecular complexity index is 716. The Hall–Kier alpha value is -0.830. The van der Waals surface area contributed by atoms with Crippen LogP contribution in [-0.2, 0) is 19.9 Å². The van der Waals surface area contributed by atoms with E-state index in [9.17, 15) is 16.8 Å². The van der Waals surface area contributed by atoms with Crippen LogP contribution >= 0.6 is 11.6 Å². The second kappa shape index (κ2) is 5.51. The van der Waals surface area contributed by atoms with E-state index in [1.54, 1.807) is 0 Å². The Kier molecular flexibility index (Phi) is 4.29. The van der Waals surface area contributed by atoms with Crippen molar-refractivity contribution in [2.75, 3.05) is 23.8 Å². The van der Waals surface area contributed by atoms with Crippen LogP contribution in [-0.4, -0.2) is 34.9 Å². The summed E-state index contributed by atoms with van der Waals surface area (Å²) in [5, 5.41) is 0.350. The number of hydrogen-bond donors (Lipinski definition) is 2. The summed E-state index contributed by atoms with van der Waals surface area (Å²) in [5.74, 6) is -0.0584. The van der Waals surface area contributed by atoms with E-state index in [-0.39, 0.29) is 34.6 Å². The Morgan fingerprint density at radius 3 is 2.65 bits per heavy atom. The average molecular weight is 339 g/mol. The SMILES string of the molecule is Nc1cc(Cl)ccc1S(=O)(=O)NCC1CCS(=O)(=O)C1. The molecule has 1 fully saturated rings. The lowest BCUT2D eigenvalue weighted by Crippen LogP contribution is -2.30. The first-order valence-electron chi connectivity index (χ1n) is 5.95. The van der Waals surface area contributed by atoms with Gasteiger partial charge in [0.25, 0.3) is 0 Å². The van der Waals surface area contributed by atoms with Crippen LogP contribution < -0.4 is 10.5 Å². The van der Waals surface area contributed by atoms with Gasteiger partial charge in [0.1, 0.15) is 4.90 Å². The predicted octanol–water partition coefficient (Wildman–Crippen LogP) is 0.635. The molecule has 0 amide bonds. The number of sulfonamides is 1. The molecule has 1 atom stereocenters. The number of nitrogens with one attached hydrogen (secondary N) is 1. The van der Waals surface area contributed by atoms with E-state index in [2.05, 4.69) is 4.72 Å². The summed E-state index contributed by atoms with van der Waals surface area (Å²) in [7, 11) is -6.78. The van der Waals surface area contributed by atoms with Crippen molar-refractivity contribution in [3.05, 3.63) is 23.2 Å². The van der Waals surface area contributed by atoms with E-state index < -0.39 is 19.9 Å². The van der Waals surface area contributed by atoms with Crippen molar-refractivity contribution in [1.82, 2.24) is 4.72 Å². The molecule has 1 unspecified atom stereocenters. The maximum Gasteiger partial charge on any atom is 0.242 e. The minimum Gasteiger partial charge on any atom is -0.398 e. The van der Waals surface area contributed by atoms with Gasteiger partial charge in [0.05, 0.1) is 17.2 Å². The monoisotopic (exact) mass is 338 g/mol. The Morgan fingerprint density at radius 1 is 1.40 bits per heavy atom. The average Bonchev–Trinajstić information content (AvgIpc) is 2.66. The number of nitrogens with two attached hydrogens (primary N) is 1. The highest BCUT2D eigenvalue weighted by atomic mass is 35.5. The highest BCUT2D eigenvalue weighted by Gasteiger charge is 2.29. The van der Waals surface area contributed by atoms with Crippen molar-refractivity contribution >= 4 is 37.1 Å². The van der Waals surface area contributed by atoms with Crippen molar-refractivity contribution < 1.29 is 16.8 Å². The first kappa shape index (κ1) is 15.6. The van der Waals surface area contributed by atoms with E-state index in [4.69, 9.17) is 17.3 Å². The van der Waals surface area contributed by atoms with Crippen LogP contribution in [0, 0.1) is 5.92 Å². The van der Waals surface area contributed by atoms with Crippen LogP contribution in [0.1, 0.15) is 6.42 Å². The summed E-state index contributed by atoms with van der Waals surface area (Å²) in [6, 6.07) is 4.12. The van der Waals surface area contributed by atoms with Crippen LogP contribution in [0.5, 0.6) is 0 Å². The smallest absolute Gasteiger partial charge is 0.242 e. The largest absolute Gasteiger partial charge is 0.398 e. The summed E-state index contributed by atoms with van der Waals surface area (Å²) in [6.45, 7) is 0.0869. The van der Waals surface area contributed by atoms with Gasteiger partial charge in [-0.1, -0.05) is 11.6 Å². The highest BCUT2D eigenvalue weighted by Crippen LogP contribution is 2.23. The van der Waals surface area contributed by atoms with Crippen molar-refractivity contribution in [1.29, 1.82) is 0 Å². The molecule has 0 saturated carbocycles. The number of hydrogen-bond acceptors (Lipinski definition) is 5. The van der Waals surface area contributed by atoms with Gasteiger partial charge in [-0.3, -0.25) is 0 Å².